The fourth-order valence-electron chi connectivity index (χ4n) is 3.22. The van der Waals surface area contributed by atoms with Crippen molar-refractivity contribution in [3.05, 3.63) is 42.3 Å². The molecule has 1 aliphatic heterocycles. The summed E-state index contributed by atoms with van der Waals surface area (Å²) in [6, 6.07) is 8.12. The monoisotopic (exact) mass is 356 g/mol. The minimum Gasteiger partial charge on any atom is -0.356 e. The molecule has 0 spiro atoms. The maximum atomic E-state index is 13.5. The van der Waals surface area contributed by atoms with Crippen LogP contribution < -0.4 is 10.2 Å². The third-order valence-corrected chi connectivity index (χ3v) is 4.67. The number of unbranched alkanes of at least 4 members (excludes halogenated alkanes) is 1. The minimum absolute atomic E-state index is 0.0202. The number of amides is 1. The maximum absolute atomic E-state index is 13.5. The summed E-state index contributed by atoms with van der Waals surface area (Å²) in [6.07, 6.45) is 5.61. The summed E-state index contributed by atoms with van der Waals surface area (Å²) >= 11 is 0. The van der Waals surface area contributed by atoms with Crippen LogP contribution in [-0.4, -0.2) is 35.5 Å². The number of nitrogens with zero attached hydrogens (tertiary/aromatic N) is 3. The molecule has 0 bridgehead atoms. The predicted octanol–water partition coefficient (Wildman–Crippen LogP) is 3.42. The van der Waals surface area contributed by atoms with Gasteiger partial charge in [-0.1, -0.05) is 25.5 Å². The van der Waals surface area contributed by atoms with Crippen LogP contribution in [0.15, 0.2) is 36.5 Å². The van der Waals surface area contributed by atoms with Gasteiger partial charge in [0, 0.05) is 31.4 Å². The number of piperidine rings is 1. The van der Waals surface area contributed by atoms with E-state index < -0.39 is 0 Å². The van der Waals surface area contributed by atoms with Gasteiger partial charge in [-0.3, -0.25) is 4.79 Å². The van der Waals surface area contributed by atoms with E-state index in [1.807, 2.05) is 6.07 Å². The zero-order chi connectivity index (χ0) is 18.4. The Morgan fingerprint density at radius 1 is 1.38 bits per heavy atom. The van der Waals surface area contributed by atoms with Crippen LogP contribution in [0.1, 0.15) is 32.6 Å². The fourth-order valence-corrected chi connectivity index (χ4v) is 3.22. The minimum atomic E-state index is -0.307. The fraction of sp³-hybridized carbons (Fsp3) is 0.450. The second kappa shape index (κ2) is 8.74. The number of nitrogens with one attached hydrogen (secondary N) is 1. The number of hydrogen-bond acceptors (Lipinski definition) is 4. The highest BCUT2D eigenvalue weighted by atomic mass is 19.1. The number of anilines is 1. The molecule has 1 amide bonds. The zero-order valence-corrected chi connectivity index (χ0v) is 15.1. The molecule has 1 fully saturated rings. The van der Waals surface area contributed by atoms with Crippen molar-refractivity contribution < 1.29 is 9.18 Å². The molecule has 1 aliphatic rings. The summed E-state index contributed by atoms with van der Waals surface area (Å²) in [5.41, 5.74) is 0.651. The number of halogens is 1. The van der Waals surface area contributed by atoms with Crippen LogP contribution in [0.5, 0.6) is 0 Å². The summed E-state index contributed by atoms with van der Waals surface area (Å²) in [5.74, 6) is 1.08. The van der Waals surface area contributed by atoms with Gasteiger partial charge >= 0.3 is 0 Å². The smallest absolute Gasteiger partial charge is 0.224 e. The molecule has 0 saturated carbocycles. The van der Waals surface area contributed by atoms with Gasteiger partial charge in [-0.15, -0.1) is 0 Å². The topological polar surface area (TPSA) is 58.1 Å². The van der Waals surface area contributed by atoms with Crippen molar-refractivity contribution in [2.75, 3.05) is 24.5 Å². The molecular formula is C20H25FN4O. The molecule has 138 valence electrons. The third kappa shape index (κ3) is 4.56. The first-order valence-corrected chi connectivity index (χ1v) is 9.29. The van der Waals surface area contributed by atoms with Crippen molar-refractivity contribution in [2.45, 2.75) is 32.6 Å². The number of carbonyl (C=O) groups is 1. The van der Waals surface area contributed by atoms with Crippen molar-refractivity contribution in [3.8, 4) is 11.4 Å². The molecule has 26 heavy (non-hydrogen) atoms. The van der Waals surface area contributed by atoms with Crippen molar-refractivity contribution in [1.82, 2.24) is 15.3 Å². The Bertz CT molecular complexity index is 752. The number of benzene rings is 1. The average Bonchev–Trinajstić information content (AvgIpc) is 2.68. The normalized spacial score (nSPS) is 17.2. The van der Waals surface area contributed by atoms with E-state index in [4.69, 9.17) is 0 Å². The highest BCUT2D eigenvalue weighted by Crippen LogP contribution is 2.24. The van der Waals surface area contributed by atoms with Gasteiger partial charge in [-0.2, -0.15) is 0 Å². The molecule has 2 heterocycles. The van der Waals surface area contributed by atoms with Gasteiger partial charge in [-0.25, -0.2) is 14.4 Å². The van der Waals surface area contributed by atoms with Gasteiger partial charge in [-0.05, 0) is 37.5 Å². The average molecular weight is 356 g/mol. The lowest BCUT2D eigenvalue weighted by Crippen LogP contribution is -2.43. The lowest BCUT2D eigenvalue weighted by molar-refractivity contribution is -0.125. The summed E-state index contributed by atoms with van der Waals surface area (Å²) in [5, 5.41) is 3.03. The van der Waals surface area contributed by atoms with Gasteiger partial charge in [0.25, 0.3) is 0 Å². The van der Waals surface area contributed by atoms with Crippen LogP contribution in [-0.2, 0) is 4.79 Å². The predicted molar refractivity (Wildman–Crippen MR) is 100 cm³/mol. The molecule has 1 saturated heterocycles. The highest BCUT2D eigenvalue weighted by molar-refractivity contribution is 5.79. The first-order valence-electron chi connectivity index (χ1n) is 9.29. The number of carbonyl (C=O) groups excluding carboxylic acids is 1. The molecule has 0 aliphatic carbocycles. The lowest BCUT2D eigenvalue weighted by atomic mass is 9.97. The van der Waals surface area contributed by atoms with Crippen LogP contribution in [0.25, 0.3) is 11.4 Å². The number of hydrogen-bond donors (Lipinski definition) is 1. The Morgan fingerprint density at radius 3 is 3.08 bits per heavy atom. The van der Waals surface area contributed by atoms with Crippen LogP contribution in [0.2, 0.25) is 0 Å². The van der Waals surface area contributed by atoms with Crippen LogP contribution >= 0.6 is 0 Å². The molecule has 0 radical (unpaired) electrons. The van der Waals surface area contributed by atoms with Crippen LogP contribution in [0.4, 0.5) is 10.2 Å². The van der Waals surface area contributed by atoms with E-state index in [-0.39, 0.29) is 17.6 Å². The standard InChI is InChI=1S/C20H25FN4O/c1-2-3-10-23-20(26)16-7-5-12-25(14-16)18-9-11-22-19(24-18)15-6-4-8-17(21)13-15/h4,6,8-9,11,13,16H,2-3,5,7,10,12,14H2,1H3,(H,23,26)/t16-/m0/s1. The summed E-state index contributed by atoms with van der Waals surface area (Å²) < 4.78 is 13.5. The Labute approximate surface area is 153 Å². The zero-order valence-electron chi connectivity index (χ0n) is 15.1. The summed E-state index contributed by atoms with van der Waals surface area (Å²) in [7, 11) is 0. The van der Waals surface area contributed by atoms with Crippen molar-refractivity contribution in [2.24, 2.45) is 5.92 Å². The third-order valence-electron chi connectivity index (χ3n) is 4.67. The van der Waals surface area contributed by atoms with E-state index >= 15 is 0 Å². The first kappa shape index (κ1) is 18.3. The molecule has 2 aromatic rings. The number of rotatable bonds is 6. The van der Waals surface area contributed by atoms with E-state index in [1.165, 1.54) is 12.1 Å². The summed E-state index contributed by atoms with van der Waals surface area (Å²) in [4.78, 5) is 23.3. The van der Waals surface area contributed by atoms with Crippen molar-refractivity contribution >= 4 is 11.7 Å². The first-order chi connectivity index (χ1) is 12.7. The van der Waals surface area contributed by atoms with Gasteiger partial charge in [0.1, 0.15) is 11.6 Å². The molecule has 1 aromatic carbocycles. The van der Waals surface area contributed by atoms with Crippen molar-refractivity contribution in [3.63, 3.8) is 0 Å². The molecule has 1 aromatic heterocycles. The second-order valence-electron chi connectivity index (χ2n) is 6.68. The van der Waals surface area contributed by atoms with E-state index in [1.54, 1.807) is 18.3 Å². The molecule has 1 atom stereocenters. The van der Waals surface area contributed by atoms with E-state index in [9.17, 15) is 9.18 Å². The van der Waals surface area contributed by atoms with E-state index in [0.29, 0.717) is 17.9 Å². The second-order valence-corrected chi connectivity index (χ2v) is 6.68. The molecule has 0 unspecified atom stereocenters. The SMILES string of the molecule is CCCCNC(=O)[C@H]1CCCN(c2ccnc(-c3cccc(F)c3)n2)C1. The van der Waals surface area contributed by atoms with Gasteiger partial charge < -0.3 is 10.2 Å². The summed E-state index contributed by atoms with van der Waals surface area (Å²) in [6.45, 7) is 4.36. The van der Waals surface area contributed by atoms with Crippen LogP contribution in [0, 0.1) is 11.7 Å². The quantitative estimate of drug-likeness (QED) is 0.806. The maximum Gasteiger partial charge on any atom is 0.224 e. The number of aromatic nitrogens is 2. The van der Waals surface area contributed by atoms with E-state index in [2.05, 4.69) is 27.1 Å². The Balaban J connectivity index is 1.70. The Hall–Kier alpha value is -2.50. The Kier molecular flexibility index (Phi) is 6.15. The molecule has 3 rings (SSSR count). The molecular weight excluding hydrogens is 331 g/mol. The van der Waals surface area contributed by atoms with E-state index in [0.717, 1.165) is 44.6 Å². The van der Waals surface area contributed by atoms with Gasteiger partial charge in [0.2, 0.25) is 5.91 Å². The molecule has 1 N–H and O–H groups in total. The van der Waals surface area contributed by atoms with Gasteiger partial charge in [0.15, 0.2) is 5.82 Å². The highest BCUT2D eigenvalue weighted by Gasteiger charge is 2.26. The molecule has 6 heteroatoms. The van der Waals surface area contributed by atoms with Crippen LogP contribution in [0.3, 0.4) is 0 Å². The lowest BCUT2D eigenvalue weighted by Gasteiger charge is -2.33. The van der Waals surface area contributed by atoms with Crippen molar-refractivity contribution in [1.29, 1.82) is 0 Å². The van der Waals surface area contributed by atoms with Gasteiger partial charge in [0.05, 0.1) is 5.92 Å². The Morgan fingerprint density at radius 2 is 2.27 bits per heavy atom. The molecule has 5 nitrogen and oxygen atoms in total. The largest absolute Gasteiger partial charge is 0.356 e.